The number of hydrogen-bond acceptors (Lipinski definition) is 4. The van der Waals surface area contributed by atoms with Gasteiger partial charge in [-0.2, -0.15) is 0 Å². The van der Waals surface area contributed by atoms with Gasteiger partial charge in [0.15, 0.2) is 0 Å². The van der Waals surface area contributed by atoms with Crippen LogP contribution >= 0.6 is 0 Å². The van der Waals surface area contributed by atoms with Crippen molar-refractivity contribution in [1.82, 2.24) is 14.7 Å². The van der Waals surface area contributed by atoms with Crippen molar-refractivity contribution in [2.45, 2.75) is 13.0 Å². The topological polar surface area (TPSA) is 69.9 Å². The molecule has 0 bridgehead atoms. The third-order valence-corrected chi connectivity index (χ3v) is 2.93. The lowest BCUT2D eigenvalue weighted by atomic mass is 10.2. The Morgan fingerprint density at radius 1 is 1.24 bits per heavy atom. The molecule has 1 saturated heterocycles. The Labute approximate surface area is 102 Å². The summed E-state index contributed by atoms with van der Waals surface area (Å²) in [7, 11) is 3.50. The second kappa shape index (κ2) is 5.97. The molecule has 1 heterocycles. The van der Waals surface area contributed by atoms with Crippen molar-refractivity contribution in [2.75, 3.05) is 46.8 Å². The van der Waals surface area contributed by atoms with Crippen molar-refractivity contribution in [2.24, 2.45) is 5.73 Å². The molecule has 0 aliphatic carbocycles. The molecule has 6 heteroatoms. The number of likely N-dealkylation sites (N-methyl/N-ethyl adjacent to an activating group) is 1. The number of rotatable bonds is 3. The average Bonchev–Trinajstić information content (AvgIpc) is 2.28. The van der Waals surface area contributed by atoms with Crippen LogP contribution < -0.4 is 5.73 Å². The first-order valence-electron chi connectivity index (χ1n) is 5.88. The molecule has 1 fully saturated rings. The highest BCUT2D eigenvalue weighted by molar-refractivity contribution is 5.81. The van der Waals surface area contributed by atoms with Crippen LogP contribution in [0, 0.1) is 0 Å². The van der Waals surface area contributed by atoms with Gasteiger partial charge in [-0.1, -0.05) is 0 Å². The van der Waals surface area contributed by atoms with Crippen LogP contribution in [0.4, 0.5) is 0 Å². The zero-order chi connectivity index (χ0) is 13.0. The zero-order valence-electron chi connectivity index (χ0n) is 10.8. The van der Waals surface area contributed by atoms with Gasteiger partial charge in [0, 0.05) is 40.3 Å². The van der Waals surface area contributed by atoms with Crippen molar-refractivity contribution in [3.8, 4) is 0 Å². The maximum atomic E-state index is 11.6. The maximum Gasteiger partial charge on any atom is 0.239 e. The Morgan fingerprint density at radius 2 is 1.76 bits per heavy atom. The van der Waals surface area contributed by atoms with E-state index in [2.05, 4.69) is 4.90 Å². The first-order chi connectivity index (χ1) is 7.91. The molecule has 0 aromatic carbocycles. The predicted octanol–water partition coefficient (Wildman–Crippen LogP) is -1.43. The standard InChI is InChI=1S/C11H22N4O2/c1-9(12)11(17)15-6-4-14(5-7-15)8-10(16)13(2)3/h9H,4-8,12H2,1-3H3. The van der Waals surface area contributed by atoms with Crippen molar-refractivity contribution in [1.29, 1.82) is 0 Å². The van der Waals surface area contributed by atoms with Crippen molar-refractivity contribution < 1.29 is 9.59 Å². The van der Waals surface area contributed by atoms with Crippen LogP contribution in [0.15, 0.2) is 0 Å². The molecular formula is C11H22N4O2. The number of carbonyl (C=O) groups excluding carboxylic acids is 2. The third-order valence-electron chi connectivity index (χ3n) is 2.93. The van der Waals surface area contributed by atoms with Gasteiger partial charge in [0.2, 0.25) is 11.8 Å². The summed E-state index contributed by atoms with van der Waals surface area (Å²) in [4.78, 5) is 28.6. The molecule has 1 aliphatic heterocycles. The van der Waals surface area contributed by atoms with Gasteiger partial charge in [0.1, 0.15) is 0 Å². The fraction of sp³-hybridized carbons (Fsp3) is 0.818. The van der Waals surface area contributed by atoms with E-state index in [9.17, 15) is 9.59 Å². The minimum absolute atomic E-state index is 0.0106. The van der Waals surface area contributed by atoms with Crippen molar-refractivity contribution in [3.05, 3.63) is 0 Å². The SMILES string of the molecule is CC(N)C(=O)N1CCN(CC(=O)N(C)C)CC1. The van der Waals surface area contributed by atoms with Crippen molar-refractivity contribution in [3.63, 3.8) is 0 Å². The van der Waals surface area contributed by atoms with E-state index in [1.165, 1.54) is 0 Å². The molecule has 1 unspecified atom stereocenters. The minimum atomic E-state index is -0.440. The molecular weight excluding hydrogens is 220 g/mol. The Balaban J connectivity index is 2.36. The van der Waals surface area contributed by atoms with E-state index in [-0.39, 0.29) is 11.8 Å². The van der Waals surface area contributed by atoms with Gasteiger partial charge >= 0.3 is 0 Å². The lowest BCUT2D eigenvalue weighted by molar-refractivity contribution is -0.135. The van der Waals surface area contributed by atoms with Crippen LogP contribution in [0.25, 0.3) is 0 Å². The number of nitrogens with zero attached hydrogens (tertiary/aromatic N) is 3. The van der Waals surface area contributed by atoms with Crippen LogP contribution in [-0.2, 0) is 9.59 Å². The third kappa shape index (κ3) is 3.98. The molecule has 1 rings (SSSR count). The Morgan fingerprint density at radius 3 is 2.18 bits per heavy atom. The van der Waals surface area contributed by atoms with Gasteiger partial charge in [-0.25, -0.2) is 0 Å². The smallest absolute Gasteiger partial charge is 0.239 e. The summed E-state index contributed by atoms with van der Waals surface area (Å²) in [5.74, 6) is 0.0838. The van der Waals surface area contributed by atoms with Gasteiger partial charge in [-0.3, -0.25) is 14.5 Å². The Hall–Kier alpha value is -1.14. The first-order valence-corrected chi connectivity index (χ1v) is 5.88. The number of piperazine rings is 1. The summed E-state index contributed by atoms with van der Waals surface area (Å²) >= 11 is 0. The molecule has 0 aromatic heterocycles. The van der Waals surface area contributed by atoms with Gasteiger partial charge in [0.25, 0.3) is 0 Å². The van der Waals surface area contributed by atoms with Gasteiger partial charge < -0.3 is 15.5 Å². The molecule has 1 aliphatic rings. The molecule has 0 saturated carbocycles. The van der Waals surface area contributed by atoms with Crippen LogP contribution in [-0.4, -0.2) is 79.4 Å². The second-order valence-corrected chi connectivity index (χ2v) is 4.68. The quantitative estimate of drug-likeness (QED) is 0.658. The minimum Gasteiger partial charge on any atom is -0.348 e. The number of hydrogen-bond donors (Lipinski definition) is 1. The molecule has 0 radical (unpaired) electrons. The lowest BCUT2D eigenvalue weighted by Gasteiger charge is -2.35. The van der Waals surface area contributed by atoms with Crippen LogP contribution in [0.3, 0.4) is 0 Å². The first kappa shape index (κ1) is 13.9. The predicted molar refractivity (Wildman–Crippen MR) is 65.4 cm³/mol. The van der Waals surface area contributed by atoms with E-state index in [1.807, 2.05) is 0 Å². The largest absolute Gasteiger partial charge is 0.348 e. The normalized spacial score (nSPS) is 18.9. The number of carbonyl (C=O) groups is 2. The highest BCUT2D eigenvalue weighted by Crippen LogP contribution is 2.03. The monoisotopic (exact) mass is 242 g/mol. The molecule has 2 N–H and O–H groups in total. The molecule has 0 spiro atoms. The van der Waals surface area contributed by atoms with Gasteiger partial charge in [0.05, 0.1) is 12.6 Å². The van der Waals surface area contributed by atoms with Crippen LogP contribution in [0.1, 0.15) is 6.92 Å². The summed E-state index contributed by atoms with van der Waals surface area (Å²) in [5.41, 5.74) is 5.56. The highest BCUT2D eigenvalue weighted by Gasteiger charge is 2.24. The number of nitrogens with two attached hydrogens (primary N) is 1. The maximum absolute atomic E-state index is 11.6. The fourth-order valence-electron chi connectivity index (χ4n) is 1.75. The average molecular weight is 242 g/mol. The molecule has 0 aromatic rings. The summed E-state index contributed by atoms with van der Waals surface area (Å²) in [5, 5.41) is 0. The van der Waals surface area contributed by atoms with E-state index >= 15 is 0 Å². The van der Waals surface area contributed by atoms with E-state index in [0.29, 0.717) is 19.6 Å². The summed E-state index contributed by atoms with van der Waals surface area (Å²) in [6.45, 7) is 4.90. The zero-order valence-corrected chi connectivity index (χ0v) is 10.8. The molecule has 2 amide bonds. The molecule has 1 atom stereocenters. The second-order valence-electron chi connectivity index (χ2n) is 4.68. The number of amides is 2. The Kier molecular flexibility index (Phi) is 4.89. The fourth-order valence-corrected chi connectivity index (χ4v) is 1.75. The van der Waals surface area contributed by atoms with Crippen LogP contribution in [0.2, 0.25) is 0 Å². The van der Waals surface area contributed by atoms with E-state index in [1.54, 1.807) is 30.8 Å². The summed E-state index contributed by atoms with van der Waals surface area (Å²) in [6, 6.07) is -0.440. The highest BCUT2D eigenvalue weighted by atomic mass is 16.2. The summed E-state index contributed by atoms with van der Waals surface area (Å²) in [6.07, 6.45) is 0. The molecule has 6 nitrogen and oxygen atoms in total. The Bertz CT molecular complexity index is 283. The molecule has 98 valence electrons. The van der Waals surface area contributed by atoms with E-state index < -0.39 is 6.04 Å². The summed E-state index contributed by atoms with van der Waals surface area (Å²) < 4.78 is 0. The van der Waals surface area contributed by atoms with Gasteiger partial charge in [-0.05, 0) is 6.92 Å². The van der Waals surface area contributed by atoms with Crippen LogP contribution in [0.5, 0.6) is 0 Å². The molecule has 17 heavy (non-hydrogen) atoms. The van der Waals surface area contributed by atoms with E-state index in [0.717, 1.165) is 13.1 Å². The van der Waals surface area contributed by atoms with Gasteiger partial charge in [-0.15, -0.1) is 0 Å². The lowest BCUT2D eigenvalue weighted by Crippen LogP contribution is -2.53. The van der Waals surface area contributed by atoms with E-state index in [4.69, 9.17) is 5.73 Å². The van der Waals surface area contributed by atoms with Crippen molar-refractivity contribution >= 4 is 11.8 Å².